The summed E-state index contributed by atoms with van der Waals surface area (Å²) in [6, 6.07) is 4.53. The Morgan fingerprint density at radius 3 is 2.69 bits per heavy atom. The van der Waals surface area contributed by atoms with Crippen molar-refractivity contribution in [3.8, 4) is 5.75 Å². The van der Waals surface area contributed by atoms with Crippen LogP contribution in [0.25, 0.3) is 0 Å². The van der Waals surface area contributed by atoms with Crippen LogP contribution in [0.1, 0.15) is 25.5 Å². The van der Waals surface area contributed by atoms with Crippen molar-refractivity contribution >= 4 is 11.6 Å². The summed E-state index contributed by atoms with van der Waals surface area (Å²) in [5.74, 6) is 0.160. The third-order valence-electron chi connectivity index (χ3n) is 2.16. The maximum absolute atomic E-state index is 12.2. The second kappa shape index (κ2) is 6.01. The van der Waals surface area contributed by atoms with Crippen molar-refractivity contribution in [3.63, 3.8) is 0 Å². The highest BCUT2D eigenvalue weighted by molar-refractivity contribution is 6.30. The van der Waals surface area contributed by atoms with Gasteiger partial charge in [-0.3, -0.25) is 0 Å². The lowest BCUT2D eigenvalue weighted by molar-refractivity contribution is -0.0506. The molecule has 0 aliphatic rings. The van der Waals surface area contributed by atoms with E-state index in [9.17, 15) is 8.78 Å². The van der Waals surface area contributed by atoms with Crippen LogP contribution in [0.15, 0.2) is 18.2 Å². The monoisotopic (exact) mass is 249 g/mol. The molecule has 0 aliphatic heterocycles. The van der Waals surface area contributed by atoms with E-state index < -0.39 is 6.61 Å². The van der Waals surface area contributed by atoms with Crippen molar-refractivity contribution in [2.45, 2.75) is 26.5 Å². The number of halogens is 3. The zero-order chi connectivity index (χ0) is 12.1. The lowest BCUT2D eigenvalue weighted by Gasteiger charge is -2.17. The first-order valence-corrected chi connectivity index (χ1v) is 5.40. The minimum absolute atomic E-state index is 0.0857. The van der Waals surface area contributed by atoms with Gasteiger partial charge in [0.15, 0.2) is 0 Å². The van der Waals surface area contributed by atoms with E-state index >= 15 is 0 Å². The molecule has 0 spiro atoms. The van der Waals surface area contributed by atoms with Crippen LogP contribution < -0.4 is 10.1 Å². The van der Waals surface area contributed by atoms with Crippen molar-refractivity contribution < 1.29 is 13.5 Å². The van der Waals surface area contributed by atoms with Crippen LogP contribution in [0.4, 0.5) is 8.78 Å². The molecule has 0 radical (unpaired) electrons. The van der Waals surface area contributed by atoms with Gasteiger partial charge in [0, 0.05) is 16.6 Å². The van der Waals surface area contributed by atoms with Crippen LogP contribution in [-0.4, -0.2) is 13.2 Å². The number of nitrogens with one attached hydrogen (secondary N) is 1. The third-order valence-corrected chi connectivity index (χ3v) is 2.40. The van der Waals surface area contributed by atoms with Gasteiger partial charge in [0.1, 0.15) is 5.75 Å². The third kappa shape index (κ3) is 3.61. The Balaban J connectivity index is 2.97. The first kappa shape index (κ1) is 13.2. The van der Waals surface area contributed by atoms with Gasteiger partial charge >= 0.3 is 6.61 Å². The molecule has 0 heterocycles. The summed E-state index contributed by atoms with van der Waals surface area (Å²) in [7, 11) is 0. The molecule has 90 valence electrons. The molecule has 0 saturated carbocycles. The molecule has 1 N–H and O–H groups in total. The van der Waals surface area contributed by atoms with Gasteiger partial charge in [-0.1, -0.05) is 18.5 Å². The highest BCUT2D eigenvalue weighted by Gasteiger charge is 2.14. The summed E-state index contributed by atoms with van der Waals surface area (Å²) in [5, 5.41) is 3.62. The number of benzene rings is 1. The summed E-state index contributed by atoms with van der Waals surface area (Å²) in [5.41, 5.74) is 0.634. The van der Waals surface area contributed by atoms with Crippen LogP contribution in [0.3, 0.4) is 0 Å². The summed E-state index contributed by atoms with van der Waals surface area (Å²) < 4.78 is 28.8. The second-order valence-corrected chi connectivity index (χ2v) is 3.78. The summed E-state index contributed by atoms with van der Waals surface area (Å²) in [4.78, 5) is 0. The van der Waals surface area contributed by atoms with E-state index in [4.69, 9.17) is 11.6 Å². The Morgan fingerprint density at radius 2 is 2.12 bits per heavy atom. The number of hydrogen-bond donors (Lipinski definition) is 1. The molecule has 1 rings (SSSR count). The first-order chi connectivity index (χ1) is 7.54. The molecule has 0 bridgehead atoms. The van der Waals surface area contributed by atoms with Crippen LogP contribution in [0.2, 0.25) is 5.02 Å². The Labute approximate surface area is 98.6 Å². The topological polar surface area (TPSA) is 21.3 Å². The molecule has 1 aromatic rings. The number of ether oxygens (including phenoxy) is 1. The zero-order valence-corrected chi connectivity index (χ0v) is 9.89. The second-order valence-electron chi connectivity index (χ2n) is 3.34. The molecule has 2 nitrogen and oxygen atoms in total. The van der Waals surface area contributed by atoms with E-state index in [0.29, 0.717) is 10.6 Å². The highest BCUT2D eigenvalue weighted by atomic mass is 35.5. The van der Waals surface area contributed by atoms with Crippen LogP contribution in [0, 0.1) is 0 Å². The fourth-order valence-corrected chi connectivity index (χ4v) is 1.66. The molecule has 1 aromatic carbocycles. The number of rotatable bonds is 5. The van der Waals surface area contributed by atoms with Gasteiger partial charge in [-0.15, -0.1) is 0 Å². The van der Waals surface area contributed by atoms with Crippen LogP contribution in [-0.2, 0) is 0 Å². The van der Waals surface area contributed by atoms with Crippen molar-refractivity contribution in [1.29, 1.82) is 0 Å². The first-order valence-electron chi connectivity index (χ1n) is 5.02. The minimum Gasteiger partial charge on any atom is -0.434 e. The molecule has 0 aliphatic carbocycles. The zero-order valence-electron chi connectivity index (χ0n) is 9.14. The summed E-state index contributed by atoms with van der Waals surface area (Å²) >= 11 is 5.83. The molecule has 0 fully saturated rings. The largest absolute Gasteiger partial charge is 0.434 e. The Morgan fingerprint density at radius 1 is 1.44 bits per heavy atom. The van der Waals surface area contributed by atoms with Gasteiger partial charge < -0.3 is 10.1 Å². The quantitative estimate of drug-likeness (QED) is 0.861. The average Bonchev–Trinajstić information content (AvgIpc) is 2.20. The van der Waals surface area contributed by atoms with Crippen LogP contribution >= 0.6 is 11.6 Å². The van der Waals surface area contributed by atoms with Crippen molar-refractivity contribution in [1.82, 2.24) is 5.32 Å². The Hall–Kier alpha value is -0.870. The standard InChI is InChI=1S/C11H14ClF2NO/c1-3-15-7(2)9-6-8(12)4-5-10(9)16-11(13)14/h4-7,11,15H,3H2,1-2H3. The van der Waals surface area contributed by atoms with Crippen molar-refractivity contribution in [3.05, 3.63) is 28.8 Å². The molecule has 1 atom stereocenters. The van der Waals surface area contributed by atoms with E-state index in [1.807, 2.05) is 13.8 Å². The van der Waals surface area contributed by atoms with Crippen molar-refractivity contribution in [2.75, 3.05) is 6.54 Å². The summed E-state index contributed by atoms with van der Waals surface area (Å²) in [6.07, 6.45) is 0. The maximum Gasteiger partial charge on any atom is 0.387 e. The fraction of sp³-hybridized carbons (Fsp3) is 0.455. The maximum atomic E-state index is 12.2. The van der Waals surface area contributed by atoms with Gasteiger partial charge in [-0.2, -0.15) is 8.78 Å². The lowest BCUT2D eigenvalue weighted by atomic mass is 10.1. The highest BCUT2D eigenvalue weighted by Crippen LogP contribution is 2.29. The molecule has 0 saturated heterocycles. The van der Waals surface area contributed by atoms with E-state index in [-0.39, 0.29) is 11.8 Å². The summed E-state index contributed by atoms with van der Waals surface area (Å²) in [6.45, 7) is 1.72. The average molecular weight is 250 g/mol. The van der Waals surface area contributed by atoms with E-state index in [1.54, 1.807) is 6.07 Å². The molecule has 5 heteroatoms. The van der Waals surface area contributed by atoms with Gasteiger partial charge in [0.25, 0.3) is 0 Å². The SMILES string of the molecule is CCNC(C)c1cc(Cl)ccc1OC(F)F. The van der Waals surface area contributed by atoms with Crippen LogP contribution in [0.5, 0.6) is 5.75 Å². The van der Waals surface area contributed by atoms with E-state index in [0.717, 1.165) is 6.54 Å². The van der Waals surface area contributed by atoms with Gasteiger partial charge in [-0.25, -0.2) is 0 Å². The predicted molar refractivity (Wildman–Crippen MR) is 60.2 cm³/mol. The number of alkyl halides is 2. The normalized spacial score (nSPS) is 12.9. The van der Waals surface area contributed by atoms with E-state index in [1.165, 1.54) is 12.1 Å². The van der Waals surface area contributed by atoms with Gasteiger partial charge in [-0.05, 0) is 31.7 Å². The molecule has 1 unspecified atom stereocenters. The Bertz CT molecular complexity index is 347. The predicted octanol–water partition coefficient (Wildman–Crippen LogP) is 3.61. The Kier molecular flexibility index (Phi) is 4.96. The molecule has 16 heavy (non-hydrogen) atoms. The van der Waals surface area contributed by atoms with Gasteiger partial charge in [0.05, 0.1) is 0 Å². The molecular weight excluding hydrogens is 236 g/mol. The van der Waals surface area contributed by atoms with E-state index in [2.05, 4.69) is 10.1 Å². The fourth-order valence-electron chi connectivity index (χ4n) is 1.48. The molecule has 0 aromatic heterocycles. The lowest BCUT2D eigenvalue weighted by Crippen LogP contribution is -2.19. The van der Waals surface area contributed by atoms with Gasteiger partial charge in [0.2, 0.25) is 0 Å². The molecule has 0 amide bonds. The molecular formula is C11H14ClF2NO. The van der Waals surface area contributed by atoms with Crippen molar-refractivity contribution in [2.24, 2.45) is 0 Å². The smallest absolute Gasteiger partial charge is 0.387 e. The minimum atomic E-state index is -2.83. The number of hydrogen-bond acceptors (Lipinski definition) is 2.